The minimum absolute atomic E-state index is 0.00484. The van der Waals surface area contributed by atoms with Crippen LogP contribution in [0, 0.1) is 12.7 Å². The average molecular weight is 308 g/mol. The fraction of sp³-hybridized carbons (Fsp3) is 0.500. The normalized spacial score (nSPS) is 17.0. The Kier molecular flexibility index (Phi) is 4.81. The van der Waals surface area contributed by atoms with E-state index >= 15 is 0 Å². The number of hydrogen-bond acceptors (Lipinski definition) is 3. The maximum Gasteiger partial charge on any atom is 0.248 e. The SMILES string of the molecule is Cc1c(F)cc(C(N)=O)cc1NC(=O)CC1(O)CCCCC1. The summed E-state index contributed by atoms with van der Waals surface area (Å²) in [5.41, 5.74) is 4.59. The van der Waals surface area contributed by atoms with Gasteiger partial charge in [0.1, 0.15) is 5.82 Å². The number of carbonyl (C=O) groups is 2. The zero-order chi connectivity index (χ0) is 16.3. The molecule has 5 nitrogen and oxygen atoms in total. The molecule has 0 aromatic heterocycles. The summed E-state index contributed by atoms with van der Waals surface area (Å²) in [6, 6.07) is 2.39. The second-order valence-corrected chi connectivity index (χ2v) is 6.00. The monoisotopic (exact) mass is 308 g/mol. The minimum atomic E-state index is -0.990. The Morgan fingerprint density at radius 2 is 1.95 bits per heavy atom. The smallest absolute Gasteiger partial charge is 0.248 e. The van der Waals surface area contributed by atoms with Crippen molar-refractivity contribution in [3.05, 3.63) is 29.1 Å². The van der Waals surface area contributed by atoms with E-state index in [0.717, 1.165) is 25.3 Å². The molecule has 1 aliphatic carbocycles. The van der Waals surface area contributed by atoms with Crippen LogP contribution in [0.4, 0.5) is 10.1 Å². The van der Waals surface area contributed by atoms with E-state index in [1.807, 2.05) is 0 Å². The topological polar surface area (TPSA) is 92.4 Å². The van der Waals surface area contributed by atoms with Crippen LogP contribution >= 0.6 is 0 Å². The third-order valence-corrected chi connectivity index (χ3v) is 4.18. The van der Waals surface area contributed by atoms with Gasteiger partial charge in [-0.15, -0.1) is 0 Å². The van der Waals surface area contributed by atoms with Crippen LogP contribution in [0.5, 0.6) is 0 Å². The van der Waals surface area contributed by atoms with Crippen LogP contribution in [0.25, 0.3) is 0 Å². The molecular weight excluding hydrogens is 287 g/mol. The molecule has 1 aliphatic rings. The van der Waals surface area contributed by atoms with Crippen LogP contribution < -0.4 is 11.1 Å². The number of nitrogens with two attached hydrogens (primary N) is 1. The molecule has 0 radical (unpaired) electrons. The maximum absolute atomic E-state index is 13.8. The Morgan fingerprint density at radius 3 is 2.55 bits per heavy atom. The highest BCUT2D eigenvalue weighted by Crippen LogP contribution is 2.31. The van der Waals surface area contributed by atoms with Gasteiger partial charge in [0.25, 0.3) is 0 Å². The molecule has 0 saturated heterocycles. The van der Waals surface area contributed by atoms with Gasteiger partial charge in [0.2, 0.25) is 11.8 Å². The number of nitrogens with one attached hydrogen (secondary N) is 1. The predicted octanol–water partition coefficient (Wildman–Crippen LogP) is 2.26. The molecule has 1 aromatic carbocycles. The van der Waals surface area contributed by atoms with Gasteiger partial charge in [-0.25, -0.2) is 4.39 Å². The molecule has 22 heavy (non-hydrogen) atoms. The fourth-order valence-electron chi connectivity index (χ4n) is 2.83. The van der Waals surface area contributed by atoms with Gasteiger partial charge in [-0.05, 0) is 31.9 Å². The van der Waals surface area contributed by atoms with Crippen LogP contribution in [0.2, 0.25) is 0 Å². The Labute approximate surface area is 128 Å². The third kappa shape index (κ3) is 3.82. The summed E-state index contributed by atoms with van der Waals surface area (Å²) in [4.78, 5) is 23.3. The van der Waals surface area contributed by atoms with E-state index in [9.17, 15) is 19.1 Å². The molecule has 0 spiro atoms. The van der Waals surface area contributed by atoms with E-state index in [2.05, 4.69) is 5.32 Å². The number of carbonyl (C=O) groups excluding carboxylic acids is 2. The zero-order valence-corrected chi connectivity index (χ0v) is 12.6. The average Bonchev–Trinajstić information content (AvgIpc) is 2.43. The van der Waals surface area contributed by atoms with Crippen LogP contribution in [0.1, 0.15) is 54.4 Å². The van der Waals surface area contributed by atoms with Crippen molar-refractivity contribution in [3.63, 3.8) is 0 Å². The van der Waals surface area contributed by atoms with Crippen LogP contribution in [0.3, 0.4) is 0 Å². The molecule has 6 heteroatoms. The lowest BCUT2D eigenvalue weighted by Gasteiger charge is -2.31. The molecule has 0 unspecified atom stereocenters. The number of rotatable bonds is 4. The number of amides is 2. The number of aliphatic hydroxyl groups is 1. The predicted molar refractivity (Wildman–Crippen MR) is 80.9 cm³/mol. The number of anilines is 1. The van der Waals surface area contributed by atoms with Crippen LogP contribution in [-0.4, -0.2) is 22.5 Å². The van der Waals surface area contributed by atoms with E-state index in [0.29, 0.717) is 12.8 Å². The molecule has 4 N–H and O–H groups in total. The van der Waals surface area contributed by atoms with Crippen molar-refractivity contribution in [2.75, 3.05) is 5.32 Å². The number of benzene rings is 1. The van der Waals surface area contributed by atoms with E-state index in [1.165, 1.54) is 13.0 Å². The van der Waals surface area contributed by atoms with Crippen LogP contribution in [0.15, 0.2) is 12.1 Å². The van der Waals surface area contributed by atoms with Gasteiger partial charge in [0.15, 0.2) is 0 Å². The Bertz CT molecular complexity index is 595. The molecule has 2 amide bonds. The summed E-state index contributed by atoms with van der Waals surface area (Å²) in [6.07, 6.45) is 4.01. The summed E-state index contributed by atoms with van der Waals surface area (Å²) in [5, 5.41) is 12.9. The van der Waals surface area contributed by atoms with E-state index < -0.39 is 23.2 Å². The maximum atomic E-state index is 13.8. The summed E-state index contributed by atoms with van der Waals surface area (Å²) in [7, 11) is 0. The minimum Gasteiger partial charge on any atom is -0.389 e. The highest BCUT2D eigenvalue weighted by molar-refractivity contribution is 5.97. The van der Waals surface area contributed by atoms with Crippen molar-refractivity contribution in [1.82, 2.24) is 0 Å². The van der Waals surface area contributed by atoms with E-state index in [4.69, 9.17) is 5.73 Å². The molecule has 0 bridgehead atoms. The number of hydrogen-bond donors (Lipinski definition) is 3. The molecule has 1 fully saturated rings. The van der Waals surface area contributed by atoms with Gasteiger partial charge in [0, 0.05) is 16.8 Å². The highest BCUT2D eigenvalue weighted by atomic mass is 19.1. The molecular formula is C16H21FN2O3. The lowest BCUT2D eigenvalue weighted by atomic mass is 9.82. The van der Waals surface area contributed by atoms with Crippen molar-refractivity contribution in [1.29, 1.82) is 0 Å². The first-order valence-electron chi connectivity index (χ1n) is 7.43. The number of halogens is 1. The quantitative estimate of drug-likeness (QED) is 0.796. The van der Waals surface area contributed by atoms with Gasteiger partial charge >= 0.3 is 0 Å². The molecule has 0 aliphatic heterocycles. The first-order valence-corrected chi connectivity index (χ1v) is 7.43. The summed E-state index contributed by atoms with van der Waals surface area (Å²) in [5.74, 6) is -1.77. The van der Waals surface area contributed by atoms with Crippen molar-refractivity contribution in [3.8, 4) is 0 Å². The molecule has 120 valence electrons. The van der Waals surface area contributed by atoms with Crippen molar-refractivity contribution >= 4 is 17.5 Å². The van der Waals surface area contributed by atoms with Gasteiger partial charge < -0.3 is 16.2 Å². The van der Waals surface area contributed by atoms with E-state index in [1.54, 1.807) is 0 Å². The Hall–Kier alpha value is -1.95. The van der Waals surface area contributed by atoms with Gasteiger partial charge in [0.05, 0.1) is 12.0 Å². The first kappa shape index (κ1) is 16.4. The van der Waals surface area contributed by atoms with Gasteiger partial charge in [-0.1, -0.05) is 19.3 Å². The molecule has 0 heterocycles. The third-order valence-electron chi connectivity index (χ3n) is 4.18. The van der Waals surface area contributed by atoms with Crippen LogP contribution in [-0.2, 0) is 4.79 Å². The van der Waals surface area contributed by atoms with Gasteiger partial charge in [-0.2, -0.15) is 0 Å². The fourth-order valence-corrected chi connectivity index (χ4v) is 2.83. The highest BCUT2D eigenvalue weighted by Gasteiger charge is 2.31. The van der Waals surface area contributed by atoms with Crippen molar-refractivity contribution in [2.45, 2.75) is 51.0 Å². The number of primary amides is 1. The lowest BCUT2D eigenvalue weighted by Crippen LogP contribution is -2.36. The molecule has 1 saturated carbocycles. The lowest BCUT2D eigenvalue weighted by molar-refractivity contribution is -0.122. The molecule has 0 atom stereocenters. The Balaban J connectivity index is 2.12. The largest absolute Gasteiger partial charge is 0.389 e. The molecule has 1 aromatic rings. The second kappa shape index (κ2) is 6.44. The van der Waals surface area contributed by atoms with E-state index in [-0.39, 0.29) is 23.2 Å². The first-order chi connectivity index (χ1) is 10.3. The van der Waals surface area contributed by atoms with Crippen molar-refractivity contribution in [2.24, 2.45) is 5.73 Å². The summed E-state index contributed by atoms with van der Waals surface area (Å²) < 4.78 is 13.8. The van der Waals surface area contributed by atoms with Gasteiger partial charge in [-0.3, -0.25) is 9.59 Å². The standard InChI is InChI=1S/C16H21FN2O3/c1-10-12(17)7-11(15(18)21)8-13(10)19-14(20)9-16(22)5-3-2-4-6-16/h7-8,22H,2-6,9H2,1H3,(H2,18,21)(H,19,20). The summed E-state index contributed by atoms with van der Waals surface area (Å²) in [6.45, 7) is 1.51. The molecule has 2 rings (SSSR count). The second-order valence-electron chi connectivity index (χ2n) is 6.00. The van der Waals surface area contributed by atoms with Crippen molar-refractivity contribution < 1.29 is 19.1 Å². The summed E-state index contributed by atoms with van der Waals surface area (Å²) >= 11 is 0. The zero-order valence-electron chi connectivity index (χ0n) is 12.6. The Morgan fingerprint density at radius 1 is 1.32 bits per heavy atom.